The lowest BCUT2D eigenvalue weighted by Gasteiger charge is -2.18. The van der Waals surface area contributed by atoms with Gasteiger partial charge in [-0.05, 0) is 19.1 Å². The van der Waals surface area contributed by atoms with Gasteiger partial charge in [-0.2, -0.15) is 9.61 Å². The molecule has 0 radical (unpaired) electrons. The number of nitrogens with one attached hydrogen (secondary N) is 1. The third-order valence-electron chi connectivity index (χ3n) is 3.78. The molecule has 2 heterocycles. The van der Waals surface area contributed by atoms with Gasteiger partial charge in [0.15, 0.2) is 5.65 Å². The van der Waals surface area contributed by atoms with Gasteiger partial charge in [0.05, 0.1) is 13.3 Å². The lowest BCUT2D eigenvalue weighted by atomic mass is 10.2. The van der Waals surface area contributed by atoms with Gasteiger partial charge in [0.25, 0.3) is 0 Å². The smallest absolute Gasteiger partial charge is 0.344 e. The Balaban J connectivity index is 2.15. The summed E-state index contributed by atoms with van der Waals surface area (Å²) in [5.74, 6) is 0.304. The Kier molecular flexibility index (Phi) is 4.01. The fourth-order valence-electron chi connectivity index (χ4n) is 2.75. The molecule has 7 heteroatoms. The molecule has 6 nitrogen and oxygen atoms in total. The monoisotopic (exact) mass is 306 g/mol. The first-order chi connectivity index (χ1) is 10.2. The lowest BCUT2D eigenvalue weighted by Crippen LogP contribution is -2.22. The zero-order valence-electron chi connectivity index (χ0n) is 12.1. The molecule has 0 amide bonds. The minimum Gasteiger partial charge on any atom is -0.465 e. The largest absolute Gasteiger partial charge is 0.465 e. The molecule has 2 aromatic heterocycles. The number of hydrogen-bond donors (Lipinski definition) is 1. The number of ether oxygens (including phenoxy) is 1. The first-order valence-electron chi connectivity index (χ1n) is 7.01. The number of fused-ring (bicyclic) bond motifs is 1. The second-order valence-electron chi connectivity index (χ2n) is 5.06. The van der Waals surface area contributed by atoms with Crippen LogP contribution in [-0.4, -0.2) is 40.0 Å². The fourth-order valence-corrected chi connectivity index (χ4v) is 3.32. The van der Waals surface area contributed by atoms with Crippen molar-refractivity contribution < 1.29 is 9.53 Å². The Morgan fingerprint density at radius 1 is 1.48 bits per heavy atom. The molecule has 0 aromatic carbocycles. The molecule has 0 atom stereocenters. The van der Waals surface area contributed by atoms with Gasteiger partial charge in [-0.3, -0.25) is 0 Å². The first kappa shape index (κ1) is 14.2. The van der Waals surface area contributed by atoms with Crippen LogP contribution >= 0.6 is 11.8 Å². The quantitative estimate of drug-likeness (QED) is 0.532. The van der Waals surface area contributed by atoms with E-state index in [9.17, 15) is 4.79 Å². The van der Waals surface area contributed by atoms with Crippen molar-refractivity contribution in [2.45, 2.75) is 36.8 Å². The van der Waals surface area contributed by atoms with E-state index in [2.05, 4.69) is 15.4 Å². The maximum atomic E-state index is 12.2. The second kappa shape index (κ2) is 5.93. The van der Waals surface area contributed by atoms with Crippen molar-refractivity contribution in [3.8, 4) is 0 Å². The molecule has 0 spiro atoms. The van der Waals surface area contributed by atoms with Crippen molar-refractivity contribution in [1.82, 2.24) is 14.6 Å². The Morgan fingerprint density at radius 3 is 2.90 bits per heavy atom. The van der Waals surface area contributed by atoms with Crippen molar-refractivity contribution in [1.29, 1.82) is 0 Å². The van der Waals surface area contributed by atoms with Gasteiger partial charge in [-0.25, -0.2) is 9.78 Å². The molecule has 112 valence electrons. The summed E-state index contributed by atoms with van der Waals surface area (Å²) in [6, 6.07) is 2.21. The summed E-state index contributed by atoms with van der Waals surface area (Å²) >= 11 is 1.44. The zero-order chi connectivity index (χ0) is 14.8. The predicted octanol–water partition coefficient (Wildman–Crippen LogP) is 2.59. The average Bonchev–Trinajstić information content (AvgIpc) is 3.16. The third kappa shape index (κ3) is 2.57. The summed E-state index contributed by atoms with van der Waals surface area (Å²) in [7, 11) is 1.39. The Hall–Kier alpha value is -1.76. The molecule has 0 aliphatic heterocycles. The SMILES string of the molecule is COC(=O)c1c(SC)nc2ccnn2c1NC1CCCC1. The van der Waals surface area contributed by atoms with E-state index in [1.165, 1.54) is 31.7 Å². The van der Waals surface area contributed by atoms with Gasteiger partial charge >= 0.3 is 5.97 Å². The van der Waals surface area contributed by atoms with E-state index in [4.69, 9.17) is 4.74 Å². The van der Waals surface area contributed by atoms with Crippen LogP contribution in [0.15, 0.2) is 17.3 Å². The molecule has 0 saturated heterocycles. The van der Waals surface area contributed by atoms with Crippen LogP contribution in [0.5, 0.6) is 0 Å². The van der Waals surface area contributed by atoms with E-state index in [1.54, 1.807) is 10.7 Å². The van der Waals surface area contributed by atoms with Crippen molar-refractivity contribution in [3.63, 3.8) is 0 Å². The minimum atomic E-state index is -0.384. The maximum Gasteiger partial charge on any atom is 0.344 e. The molecule has 0 unspecified atom stereocenters. The number of methoxy groups -OCH3 is 1. The summed E-state index contributed by atoms with van der Waals surface area (Å²) in [6.45, 7) is 0. The van der Waals surface area contributed by atoms with Crippen LogP contribution in [0.1, 0.15) is 36.0 Å². The molecule has 1 saturated carbocycles. The molecule has 21 heavy (non-hydrogen) atoms. The number of aromatic nitrogens is 3. The number of carbonyl (C=O) groups excluding carboxylic acids is 1. The Labute approximate surface area is 127 Å². The van der Waals surface area contributed by atoms with Crippen LogP contribution < -0.4 is 5.32 Å². The van der Waals surface area contributed by atoms with Crippen LogP contribution in [0.4, 0.5) is 5.82 Å². The summed E-state index contributed by atoms with van der Waals surface area (Å²) in [6.07, 6.45) is 8.25. The highest BCUT2D eigenvalue weighted by atomic mass is 32.2. The van der Waals surface area contributed by atoms with Gasteiger partial charge < -0.3 is 10.1 Å². The van der Waals surface area contributed by atoms with E-state index in [0.717, 1.165) is 18.5 Å². The van der Waals surface area contributed by atoms with Crippen molar-refractivity contribution in [3.05, 3.63) is 17.8 Å². The highest BCUT2D eigenvalue weighted by Crippen LogP contribution is 2.30. The average molecular weight is 306 g/mol. The van der Waals surface area contributed by atoms with Crippen LogP contribution in [0.25, 0.3) is 5.65 Å². The van der Waals surface area contributed by atoms with E-state index >= 15 is 0 Å². The Bertz CT molecular complexity index is 664. The van der Waals surface area contributed by atoms with E-state index < -0.39 is 0 Å². The highest BCUT2D eigenvalue weighted by molar-refractivity contribution is 7.98. The van der Waals surface area contributed by atoms with E-state index in [1.807, 2.05) is 12.3 Å². The lowest BCUT2D eigenvalue weighted by molar-refractivity contribution is 0.0596. The number of hydrogen-bond acceptors (Lipinski definition) is 6. The first-order valence-corrected chi connectivity index (χ1v) is 8.23. The summed E-state index contributed by atoms with van der Waals surface area (Å²) < 4.78 is 6.62. The van der Waals surface area contributed by atoms with Gasteiger partial charge in [-0.1, -0.05) is 12.8 Å². The molecule has 1 N–H and O–H groups in total. The summed E-state index contributed by atoms with van der Waals surface area (Å²) in [4.78, 5) is 16.7. The molecule has 1 aliphatic rings. The highest BCUT2D eigenvalue weighted by Gasteiger charge is 2.25. The predicted molar refractivity (Wildman–Crippen MR) is 82.0 cm³/mol. The van der Waals surface area contributed by atoms with Gasteiger partial charge in [-0.15, -0.1) is 11.8 Å². The van der Waals surface area contributed by atoms with E-state index in [-0.39, 0.29) is 5.97 Å². The molecule has 3 rings (SSSR count). The summed E-state index contributed by atoms with van der Waals surface area (Å²) in [5, 5.41) is 8.43. The van der Waals surface area contributed by atoms with Crippen LogP contribution in [0.3, 0.4) is 0 Å². The van der Waals surface area contributed by atoms with Crippen molar-refractivity contribution in [2.24, 2.45) is 0 Å². The minimum absolute atomic E-state index is 0.373. The summed E-state index contributed by atoms with van der Waals surface area (Å²) in [5.41, 5.74) is 1.20. The molecule has 1 aliphatic carbocycles. The molecule has 0 bridgehead atoms. The number of esters is 1. The standard InChI is InChI=1S/C14H18N4O2S/c1-20-14(19)11-12(16-9-5-3-4-6-9)18-10(7-8-15-18)17-13(11)21-2/h7-9,16H,3-6H2,1-2H3. The number of anilines is 1. The number of rotatable bonds is 4. The topological polar surface area (TPSA) is 68.5 Å². The molecular formula is C14H18N4O2S. The third-order valence-corrected chi connectivity index (χ3v) is 4.46. The molecule has 1 fully saturated rings. The van der Waals surface area contributed by atoms with Crippen LogP contribution in [0.2, 0.25) is 0 Å². The van der Waals surface area contributed by atoms with Crippen LogP contribution in [-0.2, 0) is 4.74 Å². The normalized spacial score (nSPS) is 15.5. The van der Waals surface area contributed by atoms with Crippen molar-refractivity contribution in [2.75, 3.05) is 18.7 Å². The Morgan fingerprint density at radius 2 is 2.24 bits per heavy atom. The zero-order valence-corrected chi connectivity index (χ0v) is 12.9. The fraction of sp³-hybridized carbons (Fsp3) is 0.500. The maximum absolute atomic E-state index is 12.2. The molecular weight excluding hydrogens is 288 g/mol. The number of carbonyl (C=O) groups is 1. The van der Waals surface area contributed by atoms with E-state index in [0.29, 0.717) is 22.4 Å². The van der Waals surface area contributed by atoms with Crippen LogP contribution in [0, 0.1) is 0 Å². The number of thioether (sulfide) groups is 1. The van der Waals surface area contributed by atoms with Gasteiger partial charge in [0.1, 0.15) is 16.4 Å². The number of nitrogens with zero attached hydrogens (tertiary/aromatic N) is 3. The van der Waals surface area contributed by atoms with Gasteiger partial charge in [0.2, 0.25) is 0 Å². The van der Waals surface area contributed by atoms with Crippen molar-refractivity contribution >= 4 is 29.2 Å². The molecule has 2 aromatic rings. The second-order valence-corrected chi connectivity index (χ2v) is 5.86. The van der Waals surface area contributed by atoms with Gasteiger partial charge in [0, 0.05) is 12.1 Å².